The highest BCUT2D eigenvalue weighted by Gasteiger charge is 2.37. The molecule has 0 spiro atoms. The van der Waals surface area contributed by atoms with Gasteiger partial charge in [0.05, 0.1) is 0 Å². The molecular weight excluding hydrogens is 284 g/mol. The van der Waals surface area contributed by atoms with Gasteiger partial charge in [0, 0.05) is 22.2 Å². The largest absolute Gasteiger partial charge is 0.396 e. The van der Waals surface area contributed by atoms with E-state index >= 15 is 0 Å². The molecule has 0 radical (unpaired) electrons. The summed E-state index contributed by atoms with van der Waals surface area (Å²) in [5, 5.41) is 10.3. The van der Waals surface area contributed by atoms with Crippen molar-refractivity contribution in [2.24, 2.45) is 5.41 Å². The molecule has 0 bridgehead atoms. The van der Waals surface area contributed by atoms with E-state index in [2.05, 4.69) is 31.9 Å². The lowest BCUT2D eigenvalue weighted by Crippen LogP contribution is -2.37. The summed E-state index contributed by atoms with van der Waals surface area (Å²) in [5.74, 6) is 0. The molecule has 0 aromatic rings. The van der Waals surface area contributed by atoms with Crippen molar-refractivity contribution >= 4 is 31.9 Å². The Balaban J connectivity index is 2.59. The zero-order valence-electron chi connectivity index (χ0n) is 7.23. The maximum Gasteiger partial charge on any atom is 0.0498 e. The predicted octanol–water partition coefficient (Wildman–Crippen LogP) is 3.09. The molecule has 0 saturated heterocycles. The Kier molecular flexibility index (Phi) is 4.55. The lowest BCUT2D eigenvalue weighted by atomic mass is 9.73. The Morgan fingerprint density at radius 3 is 2.25 bits per heavy atom. The van der Waals surface area contributed by atoms with Crippen LogP contribution in [0.1, 0.15) is 32.1 Å². The van der Waals surface area contributed by atoms with Gasteiger partial charge in [0.2, 0.25) is 0 Å². The first-order valence-corrected chi connectivity index (χ1v) is 6.60. The van der Waals surface area contributed by atoms with E-state index in [1.807, 2.05) is 0 Å². The first kappa shape index (κ1) is 11.0. The van der Waals surface area contributed by atoms with E-state index in [0.29, 0.717) is 11.4 Å². The molecule has 0 aliphatic heterocycles. The summed E-state index contributed by atoms with van der Waals surface area (Å²) in [4.78, 5) is 0.426. The molecule has 1 N–H and O–H groups in total. The Morgan fingerprint density at radius 1 is 1.25 bits per heavy atom. The molecular formula is C9H16Br2O. The minimum atomic E-state index is 0.155. The van der Waals surface area contributed by atoms with Gasteiger partial charge < -0.3 is 5.11 Å². The summed E-state index contributed by atoms with van der Waals surface area (Å²) in [6.07, 6.45) is 6.23. The quantitative estimate of drug-likeness (QED) is 0.794. The van der Waals surface area contributed by atoms with Crippen molar-refractivity contribution in [1.82, 2.24) is 0 Å². The maximum atomic E-state index is 9.39. The first-order valence-electron chi connectivity index (χ1n) is 4.56. The van der Waals surface area contributed by atoms with Crippen LogP contribution in [0.5, 0.6) is 0 Å². The summed E-state index contributed by atoms with van der Waals surface area (Å²) >= 11 is 7.12. The van der Waals surface area contributed by atoms with Crippen LogP contribution in [-0.2, 0) is 0 Å². The fraction of sp³-hybridized carbons (Fsp3) is 1.00. The van der Waals surface area contributed by atoms with Crippen molar-refractivity contribution in [1.29, 1.82) is 0 Å². The van der Waals surface area contributed by atoms with Gasteiger partial charge in [0.25, 0.3) is 0 Å². The molecule has 12 heavy (non-hydrogen) atoms. The average molecular weight is 300 g/mol. The SMILES string of the molecule is OCC1(C(Br)CBr)CCCCC1. The molecule has 1 unspecified atom stereocenters. The highest BCUT2D eigenvalue weighted by atomic mass is 79.9. The lowest BCUT2D eigenvalue weighted by Gasteiger charge is -2.39. The third kappa shape index (κ3) is 2.24. The molecule has 0 heterocycles. The van der Waals surface area contributed by atoms with Gasteiger partial charge >= 0.3 is 0 Å². The molecule has 1 aliphatic carbocycles. The van der Waals surface area contributed by atoms with E-state index in [0.717, 1.165) is 5.33 Å². The average Bonchev–Trinajstić information content (AvgIpc) is 2.17. The molecule has 1 rings (SSSR count). The zero-order valence-corrected chi connectivity index (χ0v) is 10.4. The fourth-order valence-corrected chi connectivity index (χ4v) is 3.28. The summed E-state index contributed by atoms with van der Waals surface area (Å²) in [6.45, 7) is 0.328. The molecule has 3 heteroatoms. The van der Waals surface area contributed by atoms with Crippen LogP contribution < -0.4 is 0 Å². The van der Waals surface area contributed by atoms with Gasteiger partial charge in [-0.3, -0.25) is 0 Å². The molecule has 0 amide bonds. The van der Waals surface area contributed by atoms with Crippen molar-refractivity contribution in [3.05, 3.63) is 0 Å². The predicted molar refractivity (Wildman–Crippen MR) is 59.1 cm³/mol. The summed E-state index contributed by atoms with van der Waals surface area (Å²) in [5.41, 5.74) is 0.155. The first-order chi connectivity index (χ1) is 5.75. The van der Waals surface area contributed by atoms with Crippen LogP contribution >= 0.6 is 31.9 Å². The third-order valence-electron chi connectivity index (χ3n) is 2.96. The topological polar surface area (TPSA) is 20.2 Å². The van der Waals surface area contributed by atoms with Crippen molar-refractivity contribution in [2.75, 3.05) is 11.9 Å². The standard InChI is InChI=1S/C9H16Br2O/c10-6-8(11)9(7-12)4-2-1-3-5-9/h8,12H,1-7H2. The summed E-state index contributed by atoms with van der Waals surface area (Å²) < 4.78 is 0. The molecule has 1 saturated carbocycles. The maximum absolute atomic E-state index is 9.39. The van der Waals surface area contributed by atoms with E-state index in [1.165, 1.54) is 32.1 Å². The van der Waals surface area contributed by atoms with Gasteiger partial charge in [-0.15, -0.1) is 0 Å². The molecule has 1 aliphatic rings. The van der Waals surface area contributed by atoms with E-state index in [1.54, 1.807) is 0 Å². The van der Waals surface area contributed by atoms with Gasteiger partial charge in [-0.05, 0) is 12.8 Å². The van der Waals surface area contributed by atoms with E-state index in [4.69, 9.17) is 0 Å². The van der Waals surface area contributed by atoms with Crippen LogP contribution in [0.2, 0.25) is 0 Å². The van der Waals surface area contributed by atoms with Crippen molar-refractivity contribution in [2.45, 2.75) is 36.9 Å². The monoisotopic (exact) mass is 298 g/mol. The van der Waals surface area contributed by atoms with Crippen molar-refractivity contribution < 1.29 is 5.11 Å². The van der Waals surface area contributed by atoms with Gasteiger partial charge in [0.15, 0.2) is 0 Å². The van der Waals surface area contributed by atoms with Crippen LogP contribution in [-0.4, -0.2) is 21.9 Å². The number of hydrogen-bond donors (Lipinski definition) is 1. The second-order valence-electron chi connectivity index (χ2n) is 3.70. The number of hydrogen-bond acceptors (Lipinski definition) is 1. The smallest absolute Gasteiger partial charge is 0.0498 e. The normalized spacial score (nSPS) is 25.2. The van der Waals surface area contributed by atoms with E-state index in [-0.39, 0.29) is 5.41 Å². The fourth-order valence-electron chi connectivity index (χ4n) is 1.99. The minimum Gasteiger partial charge on any atom is -0.396 e. The van der Waals surface area contributed by atoms with Crippen LogP contribution in [0, 0.1) is 5.41 Å². The minimum absolute atomic E-state index is 0.155. The number of rotatable bonds is 3. The second-order valence-corrected chi connectivity index (χ2v) is 5.46. The Hall–Kier alpha value is 0.920. The number of halogens is 2. The number of aliphatic hydroxyl groups is 1. The van der Waals surface area contributed by atoms with Crippen molar-refractivity contribution in [3.8, 4) is 0 Å². The van der Waals surface area contributed by atoms with Gasteiger partial charge in [-0.1, -0.05) is 51.1 Å². The van der Waals surface area contributed by atoms with Gasteiger partial charge in [-0.2, -0.15) is 0 Å². The van der Waals surface area contributed by atoms with Crippen LogP contribution in [0.3, 0.4) is 0 Å². The summed E-state index contributed by atoms with van der Waals surface area (Å²) in [6, 6.07) is 0. The number of aliphatic hydroxyl groups excluding tert-OH is 1. The number of alkyl halides is 2. The Labute approximate surface area is 91.2 Å². The molecule has 0 aromatic carbocycles. The molecule has 1 fully saturated rings. The van der Waals surface area contributed by atoms with E-state index < -0.39 is 0 Å². The highest BCUT2D eigenvalue weighted by molar-refractivity contribution is 9.12. The van der Waals surface area contributed by atoms with Crippen molar-refractivity contribution in [3.63, 3.8) is 0 Å². The molecule has 1 nitrogen and oxygen atoms in total. The summed E-state index contributed by atoms with van der Waals surface area (Å²) in [7, 11) is 0. The molecule has 1 atom stereocenters. The highest BCUT2D eigenvalue weighted by Crippen LogP contribution is 2.42. The van der Waals surface area contributed by atoms with Crippen LogP contribution in [0.15, 0.2) is 0 Å². The second kappa shape index (κ2) is 4.97. The van der Waals surface area contributed by atoms with E-state index in [9.17, 15) is 5.11 Å². The van der Waals surface area contributed by atoms with Crippen LogP contribution in [0.25, 0.3) is 0 Å². The Bertz CT molecular complexity index is 132. The third-order valence-corrected chi connectivity index (χ3v) is 5.78. The van der Waals surface area contributed by atoms with Gasteiger partial charge in [0.1, 0.15) is 0 Å². The Morgan fingerprint density at radius 2 is 1.83 bits per heavy atom. The van der Waals surface area contributed by atoms with Crippen LogP contribution in [0.4, 0.5) is 0 Å². The molecule has 72 valence electrons. The molecule has 0 aromatic heterocycles. The zero-order chi connectivity index (χ0) is 9.03. The van der Waals surface area contributed by atoms with Gasteiger partial charge in [-0.25, -0.2) is 0 Å². The lowest BCUT2D eigenvalue weighted by molar-refractivity contribution is 0.0867.